The van der Waals surface area contributed by atoms with Gasteiger partial charge in [-0.25, -0.2) is 9.37 Å². The smallest absolute Gasteiger partial charge is 0.188 e. The molecule has 0 aliphatic rings. The molecule has 0 saturated heterocycles. The molecule has 1 N–H and O–H groups in total. The number of halogens is 1. The van der Waals surface area contributed by atoms with Gasteiger partial charge in [0.2, 0.25) is 0 Å². The molecule has 0 fully saturated rings. The first-order valence-electron chi connectivity index (χ1n) is 5.20. The van der Waals surface area contributed by atoms with Crippen molar-refractivity contribution in [2.75, 3.05) is 5.32 Å². The molecule has 0 atom stereocenters. The lowest BCUT2D eigenvalue weighted by Gasteiger charge is -1.99. The number of benzene rings is 2. The van der Waals surface area contributed by atoms with E-state index >= 15 is 0 Å². The molecule has 2 nitrogen and oxygen atoms in total. The molecule has 0 unspecified atom stereocenters. The Morgan fingerprint density at radius 2 is 1.82 bits per heavy atom. The minimum Gasteiger partial charge on any atom is -0.332 e. The van der Waals surface area contributed by atoms with E-state index in [-0.39, 0.29) is 5.82 Å². The van der Waals surface area contributed by atoms with E-state index in [2.05, 4.69) is 10.3 Å². The number of thiazole rings is 1. The lowest BCUT2D eigenvalue weighted by atomic mass is 10.3. The molecule has 2 aromatic carbocycles. The number of nitrogens with zero attached hydrogens (tertiary/aromatic N) is 1. The van der Waals surface area contributed by atoms with Crippen LogP contribution in [0.2, 0.25) is 0 Å². The molecule has 1 heterocycles. The quantitative estimate of drug-likeness (QED) is 0.731. The second kappa shape index (κ2) is 4.14. The summed E-state index contributed by atoms with van der Waals surface area (Å²) in [6.45, 7) is 0. The SMILES string of the molecule is Fc1cccc2sc(Nc3ccccc3)nc12. The predicted octanol–water partition coefficient (Wildman–Crippen LogP) is 4.18. The Balaban J connectivity index is 1.99. The van der Waals surface area contributed by atoms with Crippen LogP contribution in [0, 0.1) is 5.82 Å². The van der Waals surface area contributed by atoms with E-state index in [0.29, 0.717) is 10.6 Å². The molecule has 0 saturated carbocycles. The number of aromatic nitrogens is 1. The molecule has 3 aromatic rings. The van der Waals surface area contributed by atoms with Gasteiger partial charge < -0.3 is 5.32 Å². The van der Waals surface area contributed by atoms with Crippen molar-refractivity contribution in [3.8, 4) is 0 Å². The fourth-order valence-corrected chi connectivity index (χ4v) is 2.51. The van der Waals surface area contributed by atoms with Crippen LogP contribution in [-0.4, -0.2) is 4.98 Å². The zero-order valence-electron chi connectivity index (χ0n) is 8.85. The van der Waals surface area contributed by atoms with Gasteiger partial charge in [0, 0.05) is 5.69 Å². The number of rotatable bonds is 2. The van der Waals surface area contributed by atoms with Crippen LogP contribution in [-0.2, 0) is 0 Å². The molecule has 1 aromatic heterocycles. The van der Waals surface area contributed by atoms with E-state index in [1.807, 2.05) is 36.4 Å². The lowest BCUT2D eigenvalue weighted by Crippen LogP contribution is -1.88. The van der Waals surface area contributed by atoms with Gasteiger partial charge in [-0.2, -0.15) is 0 Å². The van der Waals surface area contributed by atoms with Crippen molar-refractivity contribution < 1.29 is 4.39 Å². The van der Waals surface area contributed by atoms with Crippen molar-refractivity contribution in [3.63, 3.8) is 0 Å². The van der Waals surface area contributed by atoms with Crippen molar-refractivity contribution in [3.05, 3.63) is 54.3 Å². The molecule has 17 heavy (non-hydrogen) atoms. The Hall–Kier alpha value is -1.94. The fraction of sp³-hybridized carbons (Fsp3) is 0. The van der Waals surface area contributed by atoms with Crippen LogP contribution in [0.25, 0.3) is 10.2 Å². The molecule has 4 heteroatoms. The number of anilines is 2. The van der Waals surface area contributed by atoms with Crippen LogP contribution in [0.4, 0.5) is 15.2 Å². The van der Waals surface area contributed by atoms with Crippen molar-refractivity contribution >= 4 is 32.4 Å². The van der Waals surface area contributed by atoms with Crippen molar-refractivity contribution in [1.82, 2.24) is 4.98 Å². The minimum atomic E-state index is -0.278. The first-order valence-corrected chi connectivity index (χ1v) is 6.02. The van der Waals surface area contributed by atoms with Gasteiger partial charge in [-0.05, 0) is 24.3 Å². The topological polar surface area (TPSA) is 24.9 Å². The van der Waals surface area contributed by atoms with Crippen molar-refractivity contribution in [2.45, 2.75) is 0 Å². The van der Waals surface area contributed by atoms with E-state index in [1.54, 1.807) is 6.07 Å². The second-order valence-corrected chi connectivity index (χ2v) is 4.63. The highest BCUT2D eigenvalue weighted by Crippen LogP contribution is 2.29. The molecular formula is C13H9FN2S. The van der Waals surface area contributed by atoms with Gasteiger partial charge in [-0.1, -0.05) is 35.6 Å². The molecule has 84 valence electrons. The summed E-state index contributed by atoms with van der Waals surface area (Å²) in [6.07, 6.45) is 0. The average molecular weight is 244 g/mol. The first kappa shape index (κ1) is 10.2. The highest BCUT2D eigenvalue weighted by Gasteiger charge is 2.07. The minimum absolute atomic E-state index is 0.278. The van der Waals surface area contributed by atoms with Gasteiger partial charge >= 0.3 is 0 Å². The first-order chi connectivity index (χ1) is 8.33. The molecule has 0 aliphatic carbocycles. The summed E-state index contributed by atoms with van der Waals surface area (Å²) >= 11 is 1.44. The Morgan fingerprint density at radius 1 is 1.00 bits per heavy atom. The highest BCUT2D eigenvalue weighted by molar-refractivity contribution is 7.22. The summed E-state index contributed by atoms with van der Waals surface area (Å²) in [5.41, 5.74) is 1.38. The zero-order valence-corrected chi connectivity index (χ0v) is 9.67. The van der Waals surface area contributed by atoms with Crippen LogP contribution >= 0.6 is 11.3 Å². The van der Waals surface area contributed by atoms with E-state index < -0.39 is 0 Å². The Labute approximate surface area is 102 Å². The standard InChI is InChI=1S/C13H9FN2S/c14-10-7-4-8-11-12(10)16-13(17-11)15-9-5-2-1-3-6-9/h1-8H,(H,15,16). The fourth-order valence-electron chi connectivity index (χ4n) is 1.61. The molecular weight excluding hydrogens is 235 g/mol. The van der Waals surface area contributed by atoms with E-state index in [0.717, 1.165) is 10.4 Å². The van der Waals surface area contributed by atoms with Crippen LogP contribution in [0.3, 0.4) is 0 Å². The largest absolute Gasteiger partial charge is 0.332 e. The van der Waals surface area contributed by atoms with Gasteiger partial charge in [-0.3, -0.25) is 0 Å². The third-order valence-electron chi connectivity index (χ3n) is 2.39. The number of nitrogens with one attached hydrogen (secondary N) is 1. The van der Waals surface area contributed by atoms with Crippen molar-refractivity contribution in [2.24, 2.45) is 0 Å². The summed E-state index contributed by atoms with van der Waals surface area (Å²) in [5.74, 6) is -0.278. The summed E-state index contributed by atoms with van der Waals surface area (Å²) in [5, 5.41) is 3.87. The number of fused-ring (bicyclic) bond motifs is 1. The zero-order chi connectivity index (χ0) is 11.7. The maximum Gasteiger partial charge on any atom is 0.188 e. The van der Waals surface area contributed by atoms with Gasteiger partial charge in [0.15, 0.2) is 5.13 Å². The third-order valence-corrected chi connectivity index (χ3v) is 3.33. The maximum atomic E-state index is 13.5. The Kier molecular flexibility index (Phi) is 2.49. The van der Waals surface area contributed by atoms with Gasteiger partial charge in [0.25, 0.3) is 0 Å². The Bertz CT molecular complexity index is 649. The summed E-state index contributed by atoms with van der Waals surface area (Å²) < 4.78 is 14.3. The van der Waals surface area contributed by atoms with Crippen LogP contribution in [0.1, 0.15) is 0 Å². The molecule has 0 aliphatic heterocycles. The summed E-state index contributed by atoms with van der Waals surface area (Å²) in [7, 11) is 0. The third kappa shape index (κ3) is 1.99. The average Bonchev–Trinajstić information content (AvgIpc) is 2.74. The monoisotopic (exact) mass is 244 g/mol. The maximum absolute atomic E-state index is 13.5. The van der Waals surface area contributed by atoms with Gasteiger partial charge in [0.05, 0.1) is 4.70 Å². The lowest BCUT2D eigenvalue weighted by molar-refractivity contribution is 0.637. The molecule has 0 amide bonds. The van der Waals surface area contributed by atoms with Crippen LogP contribution < -0.4 is 5.32 Å². The van der Waals surface area contributed by atoms with Crippen LogP contribution in [0.15, 0.2) is 48.5 Å². The Morgan fingerprint density at radius 3 is 2.59 bits per heavy atom. The van der Waals surface area contributed by atoms with E-state index in [4.69, 9.17) is 0 Å². The van der Waals surface area contributed by atoms with E-state index in [1.165, 1.54) is 17.4 Å². The van der Waals surface area contributed by atoms with E-state index in [9.17, 15) is 4.39 Å². The summed E-state index contributed by atoms with van der Waals surface area (Å²) in [6, 6.07) is 14.7. The highest BCUT2D eigenvalue weighted by atomic mass is 32.1. The van der Waals surface area contributed by atoms with Gasteiger partial charge in [-0.15, -0.1) is 0 Å². The molecule has 0 radical (unpaired) electrons. The summed E-state index contributed by atoms with van der Waals surface area (Å²) in [4.78, 5) is 4.24. The predicted molar refractivity (Wildman–Crippen MR) is 69.3 cm³/mol. The van der Waals surface area contributed by atoms with Crippen molar-refractivity contribution in [1.29, 1.82) is 0 Å². The van der Waals surface area contributed by atoms with Gasteiger partial charge in [0.1, 0.15) is 11.3 Å². The molecule has 3 rings (SSSR count). The molecule has 0 bridgehead atoms. The van der Waals surface area contributed by atoms with Crippen LogP contribution in [0.5, 0.6) is 0 Å². The normalized spacial score (nSPS) is 10.6. The molecule has 0 spiro atoms. The second-order valence-electron chi connectivity index (χ2n) is 3.60. The number of hydrogen-bond acceptors (Lipinski definition) is 3. The number of hydrogen-bond donors (Lipinski definition) is 1. The number of para-hydroxylation sites is 2.